The Morgan fingerprint density at radius 3 is 2.17 bits per heavy atom. The van der Waals surface area contributed by atoms with Crippen LogP contribution >= 0.6 is 0 Å². The summed E-state index contributed by atoms with van der Waals surface area (Å²) >= 11 is 0. The Morgan fingerprint density at radius 1 is 1.33 bits per heavy atom. The zero-order chi connectivity index (χ0) is 8.85. The summed E-state index contributed by atoms with van der Waals surface area (Å²) in [4.78, 5) is 20.5. The maximum absolute atomic E-state index is 10.6. The molecule has 0 N–H and O–H groups in total. The number of carbonyl (C=O) groups excluding carboxylic acids is 2. The average Bonchev–Trinajstić information content (AvgIpc) is 1.82. The van der Waals surface area contributed by atoms with Crippen LogP contribution in [0.1, 0.15) is 26.7 Å². The first-order valence-corrected chi connectivity index (χ1v) is 3.41. The molecular weight excluding hydrogens is 171 g/mol. The molecule has 0 atom stereocenters. The largest absolute Gasteiger partial charge is 1.00 e. The molecule has 0 radical (unpaired) electrons. The van der Waals surface area contributed by atoms with E-state index in [1.807, 2.05) is 0 Å². The third-order valence-corrected chi connectivity index (χ3v) is 0.900. The van der Waals surface area contributed by atoms with Crippen molar-refractivity contribution in [3.8, 4) is 0 Å². The van der Waals surface area contributed by atoms with Gasteiger partial charge in [0.15, 0.2) is 0 Å². The van der Waals surface area contributed by atoms with Gasteiger partial charge in [0.1, 0.15) is 0 Å². The molecule has 0 aromatic rings. The molecule has 0 spiro atoms. The van der Waals surface area contributed by atoms with Crippen LogP contribution in [-0.2, 0) is 14.3 Å². The minimum absolute atomic E-state index is 0. The van der Waals surface area contributed by atoms with Gasteiger partial charge in [0.2, 0.25) is 0 Å². The second-order valence-corrected chi connectivity index (χ2v) is 2.41. The fraction of sp³-hybridized carbons (Fsp3) is 0.714. The van der Waals surface area contributed by atoms with Crippen LogP contribution < -0.4 is 34.7 Å². The molecule has 12 heavy (non-hydrogen) atoms. The number of ether oxygens (including phenoxy) is 1. The molecule has 0 aromatic carbocycles. The van der Waals surface area contributed by atoms with Crippen LogP contribution in [0.2, 0.25) is 0 Å². The van der Waals surface area contributed by atoms with Gasteiger partial charge in [-0.3, -0.25) is 4.79 Å². The van der Waals surface area contributed by atoms with Gasteiger partial charge in [-0.2, -0.15) is 0 Å². The van der Waals surface area contributed by atoms with Crippen molar-refractivity contribution in [1.29, 1.82) is 0 Å². The van der Waals surface area contributed by atoms with Crippen LogP contribution in [0.3, 0.4) is 0 Å². The Hall–Kier alpha value is -0.0600. The number of carboxylic acids is 1. The summed E-state index contributed by atoms with van der Waals surface area (Å²) in [6, 6.07) is 0. The molecule has 0 fully saturated rings. The van der Waals surface area contributed by atoms with Gasteiger partial charge in [0.05, 0.1) is 12.5 Å². The van der Waals surface area contributed by atoms with E-state index in [2.05, 4.69) is 4.74 Å². The van der Waals surface area contributed by atoms with Crippen LogP contribution in [0.15, 0.2) is 0 Å². The van der Waals surface area contributed by atoms with Crippen molar-refractivity contribution in [2.75, 3.05) is 0 Å². The molecular formula is C7H11NaO4. The molecule has 0 aromatic heterocycles. The van der Waals surface area contributed by atoms with Crippen molar-refractivity contribution in [1.82, 2.24) is 0 Å². The number of carboxylic acid groups (broad SMARTS) is 1. The van der Waals surface area contributed by atoms with E-state index < -0.39 is 11.9 Å². The van der Waals surface area contributed by atoms with E-state index in [4.69, 9.17) is 0 Å². The van der Waals surface area contributed by atoms with E-state index in [0.29, 0.717) is 0 Å². The molecule has 4 nitrogen and oxygen atoms in total. The van der Waals surface area contributed by atoms with E-state index in [-0.39, 0.29) is 48.5 Å². The van der Waals surface area contributed by atoms with Crippen LogP contribution in [0.5, 0.6) is 0 Å². The summed E-state index contributed by atoms with van der Waals surface area (Å²) in [5, 5.41) is 9.87. The minimum Gasteiger partial charge on any atom is -0.550 e. The number of hydrogen-bond donors (Lipinski definition) is 0. The molecule has 0 heterocycles. The Labute approximate surface area is 93.6 Å². The molecule has 0 unspecified atom stereocenters. The monoisotopic (exact) mass is 182 g/mol. The van der Waals surface area contributed by atoms with E-state index in [1.165, 1.54) is 0 Å². The number of esters is 1. The topological polar surface area (TPSA) is 66.4 Å². The molecule has 0 bridgehead atoms. The van der Waals surface area contributed by atoms with Crippen molar-refractivity contribution >= 4 is 11.9 Å². The summed E-state index contributed by atoms with van der Waals surface area (Å²) in [6.07, 6.45) is -0.573. The summed E-state index contributed by atoms with van der Waals surface area (Å²) in [7, 11) is 0. The van der Waals surface area contributed by atoms with Crippen molar-refractivity contribution in [2.45, 2.75) is 32.8 Å². The quantitative estimate of drug-likeness (QED) is 0.334. The molecule has 0 amide bonds. The summed E-state index contributed by atoms with van der Waals surface area (Å²) in [5.41, 5.74) is 0. The van der Waals surface area contributed by atoms with Crippen molar-refractivity contribution in [3.63, 3.8) is 0 Å². The Balaban J connectivity index is 0. The van der Waals surface area contributed by atoms with Crippen LogP contribution in [0, 0.1) is 0 Å². The zero-order valence-corrected chi connectivity index (χ0v) is 9.62. The van der Waals surface area contributed by atoms with Gasteiger partial charge in [-0.1, -0.05) is 0 Å². The Bertz CT molecular complexity index is 155. The molecule has 64 valence electrons. The predicted molar refractivity (Wildman–Crippen MR) is 35.5 cm³/mol. The van der Waals surface area contributed by atoms with E-state index in [9.17, 15) is 14.7 Å². The van der Waals surface area contributed by atoms with Gasteiger partial charge in [-0.05, 0) is 20.3 Å². The first kappa shape index (κ1) is 14.5. The molecule has 0 saturated heterocycles. The second kappa shape index (κ2) is 7.58. The zero-order valence-electron chi connectivity index (χ0n) is 7.62. The van der Waals surface area contributed by atoms with Gasteiger partial charge in [-0.25, -0.2) is 0 Å². The van der Waals surface area contributed by atoms with Crippen LogP contribution in [0.25, 0.3) is 0 Å². The molecule has 0 aliphatic carbocycles. The maximum atomic E-state index is 10.6. The van der Waals surface area contributed by atoms with Gasteiger partial charge >= 0.3 is 35.5 Å². The van der Waals surface area contributed by atoms with Crippen LogP contribution in [0.4, 0.5) is 0 Å². The molecule has 0 aliphatic rings. The third kappa shape index (κ3) is 9.94. The van der Waals surface area contributed by atoms with Gasteiger partial charge in [0.25, 0.3) is 0 Å². The average molecular weight is 182 g/mol. The number of hydrogen-bond acceptors (Lipinski definition) is 4. The Morgan fingerprint density at radius 2 is 1.83 bits per heavy atom. The molecule has 0 rings (SSSR count). The van der Waals surface area contributed by atoms with Crippen molar-refractivity contribution in [2.24, 2.45) is 0 Å². The van der Waals surface area contributed by atoms with E-state index in [0.717, 1.165) is 0 Å². The normalized spacial score (nSPS) is 8.92. The van der Waals surface area contributed by atoms with E-state index in [1.54, 1.807) is 13.8 Å². The predicted octanol–water partition coefficient (Wildman–Crippen LogP) is -3.53. The molecule has 0 saturated carbocycles. The number of carbonyl (C=O) groups is 2. The van der Waals surface area contributed by atoms with Crippen molar-refractivity contribution < 1.29 is 49.0 Å². The number of rotatable bonds is 4. The first-order chi connectivity index (χ1) is 5.02. The van der Waals surface area contributed by atoms with Gasteiger partial charge in [-0.15, -0.1) is 0 Å². The second-order valence-electron chi connectivity index (χ2n) is 2.41. The van der Waals surface area contributed by atoms with Crippen LogP contribution in [-0.4, -0.2) is 18.0 Å². The smallest absolute Gasteiger partial charge is 0.550 e. The summed E-state index contributed by atoms with van der Waals surface area (Å²) in [5.74, 6) is -1.73. The number of aliphatic carboxylic acids is 1. The maximum Gasteiger partial charge on any atom is 1.00 e. The fourth-order valence-corrected chi connectivity index (χ4v) is 0.526. The summed E-state index contributed by atoms with van der Waals surface area (Å²) < 4.78 is 4.67. The first-order valence-electron chi connectivity index (χ1n) is 3.41. The summed E-state index contributed by atoms with van der Waals surface area (Å²) in [6.45, 7) is 3.41. The van der Waals surface area contributed by atoms with Crippen molar-refractivity contribution in [3.05, 3.63) is 0 Å². The van der Waals surface area contributed by atoms with E-state index >= 15 is 0 Å². The molecule has 5 heteroatoms. The minimum atomic E-state index is -1.23. The van der Waals surface area contributed by atoms with Gasteiger partial charge < -0.3 is 14.6 Å². The molecule has 0 aliphatic heterocycles. The standard InChI is InChI=1S/C7H12O4.Na/c1-5(2)11-7(10)4-3-6(8)9;/h5H,3-4H2,1-2H3,(H,8,9);/q;+1/p-1. The van der Waals surface area contributed by atoms with Gasteiger partial charge in [0, 0.05) is 5.97 Å². The Kier molecular flexibility index (Phi) is 9.14. The third-order valence-electron chi connectivity index (χ3n) is 0.900. The SMILES string of the molecule is CC(C)OC(=O)CCC(=O)[O-].[Na+]. The fourth-order valence-electron chi connectivity index (χ4n) is 0.526.